The highest BCUT2D eigenvalue weighted by atomic mass is 16.5. The van der Waals surface area contributed by atoms with Crippen LogP contribution in [0.15, 0.2) is 57.7 Å². The Morgan fingerprint density at radius 2 is 1.62 bits per heavy atom. The first-order chi connectivity index (χ1) is 11.7. The van der Waals surface area contributed by atoms with Gasteiger partial charge in [-0.2, -0.15) is 0 Å². The molecule has 1 heterocycles. The number of hydrogen-bond acceptors (Lipinski definition) is 5. The van der Waals surface area contributed by atoms with Gasteiger partial charge in [0.1, 0.15) is 5.58 Å². The molecule has 24 heavy (non-hydrogen) atoms. The Labute approximate surface area is 139 Å². The molecule has 1 aromatic heterocycles. The Balaban J connectivity index is 1.90. The lowest BCUT2D eigenvalue weighted by Crippen LogP contribution is -2.03. The van der Waals surface area contributed by atoms with Crippen LogP contribution < -0.4 is 15.1 Å². The summed E-state index contributed by atoms with van der Waals surface area (Å²) in [7, 11) is 3.10. The number of hydrogen-bond donors (Lipinski definition) is 0. The van der Waals surface area contributed by atoms with Gasteiger partial charge in [0.2, 0.25) is 0 Å². The smallest absolute Gasteiger partial charge is 0.336 e. The molecular weight excluding hydrogens is 308 g/mol. The summed E-state index contributed by atoms with van der Waals surface area (Å²) in [6.07, 6.45) is 0. The quantitative estimate of drug-likeness (QED) is 0.649. The molecule has 0 radical (unpaired) electrons. The van der Waals surface area contributed by atoms with Crippen LogP contribution in [0.2, 0.25) is 0 Å². The molecule has 0 aliphatic heterocycles. The maximum Gasteiger partial charge on any atom is 0.336 e. The molecule has 0 saturated carbocycles. The Bertz CT molecular complexity index is 883. The average molecular weight is 326 g/mol. The van der Waals surface area contributed by atoms with E-state index < -0.39 is 5.63 Å². The third kappa shape index (κ3) is 3.41. The van der Waals surface area contributed by atoms with E-state index in [4.69, 9.17) is 18.6 Å². The second-order valence-corrected chi connectivity index (χ2v) is 5.27. The van der Waals surface area contributed by atoms with Gasteiger partial charge >= 0.3 is 5.63 Å². The zero-order valence-corrected chi connectivity index (χ0v) is 13.6. The van der Waals surface area contributed by atoms with Crippen LogP contribution >= 0.6 is 0 Å². The molecule has 0 saturated heterocycles. The van der Waals surface area contributed by atoms with Crippen molar-refractivity contribution in [1.82, 2.24) is 0 Å². The highest BCUT2D eigenvalue weighted by molar-refractivity contribution is 5.84. The highest BCUT2D eigenvalue weighted by Gasteiger charge is 2.12. The minimum Gasteiger partial charge on any atom is -0.493 e. The van der Waals surface area contributed by atoms with Gasteiger partial charge in [0.05, 0.1) is 27.4 Å². The zero-order chi connectivity index (χ0) is 16.9. The van der Waals surface area contributed by atoms with Gasteiger partial charge in [0, 0.05) is 17.5 Å². The van der Waals surface area contributed by atoms with E-state index in [-0.39, 0.29) is 0 Å². The number of rotatable bonds is 6. The van der Waals surface area contributed by atoms with Crippen molar-refractivity contribution in [3.63, 3.8) is 0 Å². The Morgan fingerprint density at radius 3 is 2.33 bits per heavy atom. The summed E-state index contributed by atoms with van der Waals surface area (Å²) in [6, 6.07) is 14.7. The van der Waals surface area contributed by atoms with E-state index in [1.54, 1.807) is 19.2 Å². The lowest BCUT2D eigenvalue weighted by molar-refractivity contribution is 0.107. The van der Waals surface area contributed by atoms with Crippen LogP contribution in [0.25, 0.3) is 11.0 Å². The van der Waals surface area contributed by atoms with Gasteiger partial charge in [-0.1, -0.05) is 30.3 Å². The molecule has 5 heteroatoms. The van der Waals surface area contributed by atoms with Crippen LogP contribution in [-0.2, 0) is 18.0 Å². The van der Waals surface area contributed by atoms with Crippen molar-refractivity contribution in [3.8, 4) is 11.5 Å². The molecular formula is C19H18O5. The fourth-order valence-corrected chi connectivity index (χ4v) is 2.53. The van der Waals surface area contributed by atoms with Gasteiger partial charge in [0.15, 0.2) is 11.5 Å². The predicted octanol–water partition coefficient (Wildman–Crippen LogP) is 3.53. The largest absolute Gasteiger partial charge is 0.493 e. The fraction of sp³-hybridized carbons (Fsp3) is 0.211. The van der Waals surface area contributed by atoms with E-state index in [9.17, 15) is 4.79 Å². The Kier molecular flexibility index (Phi) is 4.82. The summed E-state index contributed by atoms with van der Waals surface area (Å²) in [5.41, 5.74) is 1.84. The molecule has 5 nitrogen and oxygen atoms in total. The van der Waals surface area contributed by atoms with Gasteiger partial charge in [-0.3, -0.25) is 0 Å². The monoisotopic (exact) mass is 326 g/mol. The molecule has 0 aliphatic carbocycles. The third-order valence-corrected chi connectivity index (χ3v) is 3.70. The lowest BCUT2D eigenvalue weighted by Gasteiger charge is -2.11. The topological polar surface area (TPSA) is 57.9 Å². The first-order valence-corrected chi connectivity index (χ1v) is 7.51. The molecule has 3 rings (SSSR count). The molecule has 0 spiro atoms. The minimum absolute atomic E-state index is 0.298. The first-order valence-electron chi connectivity index (χ1n) is 7.51. The first kappa shape index (κ1) is 16.1. The number of benzene rings is 2. The van der Waals surface area contributed by atoms with Crippen LogP contribution in [0.1, 0.15) is 11.1 Å². The highest BCUT2D eigenvalue weighted by Crippen LogP contribution is 2.33. The van der Waals surface area contributed by atoms with Gasteiger partial charge in [-0.15, -0.1) is 0 Å². The molecule has 0 N–H and O–H groups in total. The van der Waals surface area contributed by atoms with E-state index >= 15 is 0 Å². The number of methoxy groups -OCH3 is 2. The zero-order valence-electron chi connectivity index (χ0n) is 13.6. The van der Waals surface area contributed by atoms with Crippen molar-refractivity contribution in [2.24, 2.45) is 0 Å². The molecule has 0 atom stereocenters. The number of ether oxygens (including phenoxy) is 3. The van der Waals surface area contributed by atoms with Crippen LogP contribution in [0.4, 0.5) is 0 Å². The average Bonchev–Trinajstić information content (AvgIpc) is 2.61. The summed E-state index contributed by atoms with van der Waals surface area (Å²) in [4.78, 5) is 11.8. The summed E-state index contributed by atoms with van der Waals surface area (Å²) >= 11 is 0. The van der Waals surface area contributed by atoms with Crippen molar-refractivity contribution in [2.75, 3.05) is 14.2 Å². The van der Waals surface area contributed by atoms with E-state index in [1.165, 1.54) is 13.2 Å². The fourth-order valence-electron chi connectivity index (χ4n) is 2.53. The van der Waals surface area contributed by atoms with Crippen LogP contribution in [-0.4, -0.2) is 14.2 Å². The van der Waals surface area contributed by atoms with Gasteiger partial charge < -0.3 is 18.6 Å². The van der Waals surface area contributed by atoms with Crippen LogP contribution in [0.5, 0.6) is 11.5 Å². The standard InChI is InChI=1S/C19H18O5/c1-21-17-9-15-14(12-23-11-13-6-4-3-5-7-13)8-19(20)24-16(15)10-18(17)22-2/h3-10H,11-12H2,1-2H3. The normalized spacial score (nSPS) is 10.8. The maximum absolute atomic E-state index is 11.8. The van der Waals surface area contributed by atoms with Crippen LogP contribution in [0.3, 0.4) is 0 Å². The Hall–Kier alpha value is -2.79. The predicted molar refractivity (Wildman–Crippen MR) is 90.5 cm³/mol. The second kappa shape index (κ2) is 7.19. The van der Waals surface area contributed by atoms with Crippen molar-refractivity contribution >= 4 is 11.0 Å². The van der Waals surface area contributed by atoms with Crippen molar-refractivity contribution < 1.29 is 18.6 Å². The van der Waals surface area contributed by atoms with Gasteiger partial charge in [0.25, 0.3) is 0 Å². The maximum atomic E-state index is 11.8. The molecule has 124 valence electrons. The SMILES string of the molecule is COc1cc2oc(=O)cc(COCc3ccccc3)c2cc1OC. The molecule has 0 unspecified atom stereocenters. The summed E-state index contributed by atoms with van der Waals surface area (Å²) < 4.78 is 21.6. The molecule has 3 aromatic rings. The molecule has 0 amide bonds. The Morgan fingerprint density at radius 1 is 0.917 bits per heavy atom. The van der Waals surface area contributed by atoms with Crippen LogP contribution in [0, 0.1) is 0 Å². The van der Waals surface area contributed by atoms with Gasteiger partial charge in [-0.25, -0.2) is 4.79 Å². The minimum atomic E-state index is -0.423. The molecule has 0 bridgehead atoms. The second-order valence-electron chi connectivity index (χ2n) is 5.27. The summed E-state index contributed by atoms with van der Waals surface area (Å²) in [5.74, 6) is 1.08. The van der Waals surface area contributed by atoms with Crippen molar-refractivity contribution in [3.05, 3.63) is 70.1 Å². The van der Waals surface area contributed by atoms with E-state index in [1.807, 2.05) is 30.3 Å². The number of fused-ring (bicyclic) bond motifs is 1. The van der Waals surface area contributed by atoms with E-state index in [0.29, 0.717) is 30.3 Å². The molecule has 2 aromatic carbocycles. The molecule has 0 fully saturated rings. The van der Waals surface area contributed by atoms with E-state index in [2.05, 4.69) is 0 Å². The van der Waals surface area contributed by atoms with Crippen molar-refractivity contribution in [1.29, 1.82) is 0 Å². The summed E-state index contributed by atoms with van der Waals surface area (Å²) in [6.45, 7) is 0.766. The molecule has 0 aliphatic rings. The third-order valence-electron chi connectivity index (χ3n) is 3.70. The lowest BCUT2D eigenvalue weighted by atomic mass is 10.1. The summed E-state index contributed by atoms with van der Waals surface area (Å²) in [5, 5.41) is 0.764. The van der Waals surface area contributed by atoms with Crippen molar-refractivity contribution in [2.45, 2.75) is 13.2 Å². The van der Waals surface area contributed by atoms with E-state index in [0.717, 1.165) is 16.5 Å². The van der Waals surface area contributed by atoms with Gasteiger partial charge in [-0.05, 0) is 17.2 Å².